The van der Waals surface area contributed by atoms with Crippen LogP contribution in [0.25, 0.3) is 11.3 Å². The molecule has 2 rings (SSSR count). The summed E-state index contributed by atoms with van der Waals surface area (Å²) < 4.78 is 5.71. The standard InChI is InChI=1S/C18H21ClN2O4S/c1-10(18(23)24)11(2)21-17(22)12(3)26-9-16-20-8-15(25-16)13-4-6-14(19)7-5-13/h4-8,10-12H,9H2,1-3H3,(H,21,22)(H,23,24). The number of carbonyl (C=O) groups is 2. The van der Waals surface area contributed by atoms with Gasteiger partial charge in [-0.1, -0.05) is 11.6 Å². The Bertz CT molecular complexity index is 763. The van der Waals surface area contributed by atoms with Crippen molar-refractivity contribution in [3.8, 4) is 11.3 Å². The molecule has 0 radical (unpaired) electrons. The number of carbonyl (C=O) groups excluding carboxylic acids is 1. The quantitative estimate of drug-likeness (QED) is 0.704. The van der Waals surface area contributed by atoms with Crippen LogP contribution in [0.3, 0.4) is 0 Å². The van der Waals surface area contributed by atoms with Crippen molar-refractivity contribution in [1.29, 1.82) is 0 Å². The van der Waals surface area contributed by atoms with Crippen molar-refractivity contribution in [3.05, 3.63) is 41.4 Å². The number of oxazole rings is 1. The average Bonchev–Trinajstić information content (AvgIpc) is 3.08. The maximum atomic E-state index is 12.2. The van der Waals surface area contributed by atoms with E-state index in [9.17, 15) is 9.59 Å². The molecule has 0 aliphatic heterocycles. The third-order valence-electron chi connectivity index (χ3n) is 4.02. The average molecular weight is 397 g/mol. The summed E-state index contributed by atoms with van der Waals surface area (Å²) in [5, 5.41) is 12.0. The molecule has 1 amide bonds. The lowest BCUT2D eigenvalue weighted by atomic mass is 10.0. The molecule has 1 aromatic heterocycles. The molecule has 3 atom stereocenters. The van der Waals surface area contributed by atoms with Crippen LogP contribution in [0.5, 0.6) is 0 Å². The lowest BCUT2D eigenvalue weighted by molar-refractivity contribution is -0.142. The first-order valence-corrected chi connectivity index (χ1v) is 9.56. The molecule has 0 bridgehead atoms. The number of hydrogen-bond acceptors (Lipinski definition) is 5. The second kappa shape index (κ2) is 9.09. The Labute approximate surface area is 161 Å². The normalized spacial score (nSPS) is 14.5. The Morgan fingerprint density at radius 1 is 1.27 bits per heavy atom. The highest BCUT2D eigenvalue weighted by molar-refractivity contribution is 7.99. The fraction of sp³-hybridized carbons (Fsp3) is 0.389. The topological polar surface area (TPSA) is 92.4 Å². The largest absolute Gasteiger partial charge is 0.481 e. The first-order chi connectivity index (χ1) is 12.3. The molecule has 2 N–H and O–H groups in total. The lowest BCUT2D eigenvalue weighted by Crippen LogP contribution is -2.43. The molecule has 6 nitrogen and oxygen atoms in total. The third kappa shape index (κ3) is 5.51. The van der Waals surface area contributed by atoms with Gasteiger partial charge in [0.1, 0.15) is 0 Å². The predicted octanol–water partition coefficient (Wildman–Crippen LogP) is 3.84. The molecule has 0 aliphatic carbocycles. The van der Waals surface area contributed by atoms with Gasteiger partial charge in [0, 0.05) is 16.6 Å². The van der Waals surface area contributed by atoms with E-state index in [0.717, 1.165) is 5.56 Å². The van der Waals surface area contributed by atoms with E-state index in [1.165, 1.54) is 11.8 Å². The second-order valence-corrected chi connectivity index (χ2v) is 7.77. The zero-order chi connectivity index (χ0) is 19.3. The third-order valence-corrected chi connectivity index (χ3v) is 5.40. The van der Waals surface area contributed by atoms with Gasteiger partial charge in [-0.15, -0.1) is 11.8 Å². The highest BCUT2D eigenvalue weighted by atomic mass is 35.5. The Kier molecular flexibility index (Phi) is 7.11. The summed E-state index contributed by atoms with van der Waals surface area (Å²) in [7, 11) is 0. The fourth-order valence-corrected chi connectivity index (χ4v) is 2.95. The molecular weight excluding hydrogens is 376 g/mol. The minimum Gasteiger partial charge on any atom is -0.481 e. The first-order valence-electron chi connectivity index (χ1n) is 8.13. The molecule has 1 aromatic carbocycles. The van der Waals surface area contributed by atoms with E-state index in [0.29, 0.717) is 22.4 Å². The number of benzene rings is 1. The number of carboxylic acids is 1. The number of nitrogens with one attached hydrogen (secondary N) is 1. The molecule has 0 aliphatic rings. The maximum Gasteiger partial charge on any atom is 0.308 e. The van der Waals surface area contributed by atoms with Gasteiger partial charge in [0.15, 0.2) is 5.76 Å². The fourth-order valence-electron chi connectivity index (χ4n) is 2.08. The Morgan fingerprint density at radius 2 is 1.92 bits per heavy atom. The van der Waals surface area contributed by atoms with Crippen LogP contribution in [-0.2, 0) is 15.3 Å². The van der Waals surface area contributed by atoms with E-state index < -0.39 is 17.9 Å². The van der Waals surface area contributed by atoms with Crippen molar-refractivity contribution in [2.24, 2.45) is 5.92 Å². The summed E-state index contributed by atoms with van der Waals surface area (Å²) in [4.78, 5) is 27.4. The van der Waals surface area contributed by atoms with Crippen LogP contribution in [0.1, 0.15) is 26.7 Å². The number of aliphatic carboxylic acids is 1. The lowest BCUT2D eigenvalue weighted by Gasteiger charge is -2.20. The summed E-state index contributed by atoms with van der Waals surface area (Å²) >= 11 is 7.25. The maximum absolute atomic E-state index is 12.2. The molecule has 2 aromatic rings. The molecule has 0 fully saturated rings. The number of halogens is 1. The van der Waals surface area contributed by atoms with Gasteiger partial charge in [0.2, 0.25) is 11.8 Å². The van der Waals surface area contributed by atoms with Crippen molar-refractivity contribution in [2.45, 2.75) is 37.8 Å². The van der Waals surface area contributed by atoms with E-state index in [1.807, 2.05) is 12.1 Å². The van der Waals surface area contributed by atoms with Crippen LogP contribution in [0.4, 0.5) is 0 Å². The minimum absolute atomic E-state index is 0.208. The van der Waals surface area contributed by atoms with E-state index in [4.69, 9.17) is 21.1 Å². The SMILES string of the molecule is CC(SCc1ncc(-c2ccc(Cl)cc2)o1)C(=O)NC(C)C(C)C(=O)O. The number of amides is 1. The highest BCUT2D eigenvalue weighted by Crippen LogP contribution is 2.25. The van der Waals surface area contributed by atoms with Crippen LogP contribution in [0, 0.1) is 5.92 Å². The summed E-state index contributed by atoms with van der Waals surface area (Å²) in [5.41, 5.74) is 0.875. The van der Waals surface area contributed by atoms with Crippen LogP contribution >= 0.6 is 23.4 Å². The number of thioether (sulfide) groups is 1. The number of rotatable bonds is 8. The van der Waals surface area contributed by atoms with Crippen molar-refractivity contribution in [1.82, 2.24) is 10.3 Å². The Balaban J connectivity index is 1.87. The zero-order valence-electron chi connectivity index (χ0n) is 14.7. The van der Waals surface area contributed by atoms with Crippen molar-refractivity contribution in [3.63, 3.8) is 0 Å². The molecule has 8 heteroatoms. The molecule has 3 unspecified atom stereocenters. The van der Waals surface area contributed by atoms with Gasteiger partial charge in [0.05, 0.1) is 23.1 Å². The van der Waals surface area contributed by atoms with Gasteiger partial charge in [-0.3, -0.25) is 9.59 Å². The molecule has 140 valence electrons. The summed E-state index contributed by atoms with van der Waals surface area (Å²) in [5.74, 6) is -0.201. The van der Waals surface area contributed by atoms with Crippen LogP contribution < -0.4 is 5.32 Å². The van der Waals surface area contributed by atoms with E-state index >= 15 is 0 Å². The predicted molar refractivity (Wildman–Crippen MR) is 102 cm³/mol. The summed E-state index contributed by atoms with van der Waals surface area (Å²) in [6, 6.07) is 6.81. The highest BCUT2D eigenvalue weighted by Gasteiger charge is 2.23. The van der Waals surface area contributed by atoms with Gasteiger partial charge in [-0.2, -0.15) is 0 Å². The Morgan fingerprint density at radius 3 is 2.54 bits per heavy atom. The van der Waals surface area contributed by atoms with Crippen LogP contribution in [-0.4, -0.2) is 33.3 Å². The number of hydrogen-bond donors (Lipinski definition) is 2. The summed E-state index contributed by atoms with van der Waals surface area (Å²) in [6.07, 6.45) is 1.64. The summed E-state index contributed by atoms with van der Waals surface area (Å²) in [6.45, 7) is 5.01. The second-order valence-electron chi connectivity index (χ2n) is 6.00. The number of aromatic nitrogens is 1. The van der Waals surface area contributed by atoms with Crippen molar-refractivity contribution >= 4 is 35.2 Å². The van der Waals surface area contributed by atoms with Gasteiger partial charge >= 0.3 is 5.97 Å². The van der Waals surface area contributed by atoms with E-state index in [2.05, 4.69) is 10.3 Å². The first kappa shape index (κ1) is 20.3. The minimum atomic E-state index is -0.937. The molecule has 1 heterocycles. The zero-order valence-corrected chi connectivity index (χ0v) is 16.3. The van der Waals surface area contributed by atoms with Crippen molar-refractivity contribution in [2.75, 3.05) is 0 Å². The number of nitrogens with zero attached hydrogens (tertiary/aromatic N) is 1. The molecular formula is C18H21ClN2O4S. The Hall–Kier alpha value is -1.99. The molecule has 0 saturated heterocycles. The molecule has 0 saturated carbocycles. The molecule has 0 spiro atoms. The van der Waals surface area contributed by atoms with Gasteiger partial charge in [0.25, 0.3) is 0 Å². The smallest absolute Gasteiger partial charge is 0.308 e. The van der Waals surface area contributed by atoms with Crippen LogP contribution in [0.2, 0.25) is 5.02 Å². The van der Waals surface area contributed by atoms with Crippen molar-refractivity contribution < 1.29 is 19.1 Å². The van der Waals surface area contributed by atoms with Gasteiger partial charge in [-0.05, 0) is 45.0 Å². The molecule has 26 heavy (non-hydrogen) atoms. The van der Waals surface area contributed by atoms with Crippen LogP contribution in [0.15, 0.2) is 34.9 Å². The van der Waals surface area contributed by atoms with E-state index in [1.54, 1.807) is 39.1 Å². The monoisotopic (exact) mass is 396 g/mol. The van der Waals surface area contributed by atoms with Gasteiger partial charge in [-0.25, -0.2) is 4.98 Å². The van der Waals surface area contributed by atoms with E-state index in [-0.39, 0.29) is 11.2 Å². The number of carboxylic acid groups (broad SMARTS) is 1. The van der Waals surface area contributed by atoms with Gasteiger partial charge < -0.3 is 14.8 Å².